The van der Waals surface area contributed by atoms with Crippen molar-refractivity contribution in [2.45, 2.75) is 31.7 Å². The number of fused-ring (bicyclic) bond motifs is 1. The summed E-state index contributed by atoms with van der Waals surface area (Å²) < 4.78 is 30.2. The summed E-state index contributed by atoms with van der Waals surface area (Å²) in [6, 6.07) is 13.0. The quantitative estimate of drug-likeness (QED) is 0.400. The van der Waals surface area contributed by atoms with E-state index in [1.807, 2.05) is 13.8 Å². The second kappa shape index (κ2) is 8.84. The van der Waals surface area contributed by atoms with Crippen molar-refractivity contribution < 1.29 is 13.2 Å². The number of carbonyl (C=O) groups is 1. The predicted molar refractivity (Wildman–Crippen MR) is 129 cm³/mol. The molecule has 4 aromatic rings. The molecule has 0 unspecified atom stereocenters. The topological polar surface area (TPSA) is 106 Å². The lowest BCUT2D eigenvalue weighted by Gasteiger charge is -2.13. The Balaban J connectivity index is 1.58. The van der Waals surface area contributed by atoms with Gasteiger partial charge in [0.25, 0.3) is 15.9 Å². The first-order chi connectivity index (χ1) is 15.6. The van der Waals surface area contributed by atoms with Crippen molar-refractivity contribution >= 4 is 49.9 Å². The minimum Gasteiger partial charge on any atom is -0.322 e. The van der Waals surface area contributed by atoms with Crippen LogP contribution in [0.25, 0.3) is 11.0 Å². The summed E-state index contributed by atoms with van der Waals surface area (Å²) in [7, 11) is -3.90. The SMILES string of the molecule is Cc1ccc(NC(=O)c2cnc3c(cnn3C(C)C)c2)cc1S(=O)(=O)Nc1cccc(Cl)c1. The van der Waals surface area contributed by atoms with Gasteiger partial charge in [0.1, 0.15) is 0 Å². The number of pyridine rings is 1. The van der Waals surface area contributed by atoms with Crippen molar-refractivity contribution in [2.75, 3.05) is 10.0 Å². The Bertz CT molecular complexity index is 1460. The van der Waals surface area contributed by atoms with Gasteiger partial charge in [0.2, 0.25) is 0 Å². The first-order valence-corrected chi connectivity index (χ1v) is 12.0. The van der Waals surface area contributed by atoms with E-state index in [0.717, 1.165) is 5.39 Å². The highest BCUT2D eigenvalue weighted by Crippen LogP contribution is 2.25. The number of amides is 1. The summed E-state index contributed by atoms with van der Waals surface area (Å²) in [6.07, 6.45) is 3.14. The lowest BCUT2D eigenvalue weighted by molar-refractivity contribution is 0.102. The smallest absolute Gasteiger partial charge is 0.262 e. The third kappa shape index (κ3) is 4.84. The van der Waals surface area contributed by atoms with Crippen LogP contribution in [0.3, 0.4) is 0 Å². The van der Waals surface area contributed by atoms with Gasteiger partial charge in [0, 0.05) is 28.3 Å². The summed E-state index contributed by atoms with van der Waals surface area (Å²) in [6.45, 7) is 5.68. The molecule has 0 saturated carbocycles. The molecule has 2 aromatic heterocycles. The molecule has 0 spiro atoms. The molecule has 0 saturated heterocycles. The van der Waals surface area contributed by atoms with Gasteiger partial charge in [-0.1, -0.05) is 23.7 Å². The Morgan fingerprint density at radius 2 is 1.85 bits per heavy atom. The molecule has 2 aromatic carbocycles. The van der Waals surface area contributed by atoms with Crippen LogP contribution < -0.4 is 10.0 Å². The fraction of sp³-hybridized carbons (Fsp3) is 0.174. The second-order valence-electron chi connectivity index (χ2n) is 7.87. The van der Waals surface area contributed by atoms with E-state index in [2.05, 4.69) is 20.1 Å². The number of nitrogens with zero attached hydrogens (tertiary/aromatic N) is 3. The molecule has 0 aliphatic rings. The molecule has 0 atom stereocenters. The average molecular weight is 484 g/mol. The van der Waals surface area contributed by atoms with Gasteiger partial charge in [-0.05, 0) is 62.7 Å². The van der Waals surface area contributed by atoms with E-state index in [9.17, 15) is 13.2 Å². The third-order valence-corrected chi connectivity index (χ3v) is 6.76. The maximum absolute atomic E-state index is 13.0. The summed E-state index contributed by atoms with van der Waals surface area (Å²) >= 11 is 5.95. The van der Waals surface area contributed by atoms with Crippen molar-refractivity contribution in [3.8, 4) is 0 Å². The number of hydrogen-bond acceptors (Lipinski definition) is 5. The standard InChI is InChI=1S/C23H22ClN5O3S/c1-14(2)29-22-16(13-26-29)9-17(12-25-22)23(30)27-19-8-7-15(3)21(11-19)33(31,32)28-20-6-4-5-18(24)10-20/h4-14,28H,1-3H3,(H,27,30). The Kier molecular flexibility index (Phi) is 6.09. The van der Waals surface area contributed by atoms with Crippen LogP contribution in [0.1, 0.15) is 35.8 Å². The maximum Gasteiger partial charge on any atom is 0.262 e. The van der Waals surface area contributed by atoms with E-state index in [-0.39, 0.29) is 10.9 Å². The van der Waals surface area contributed by atoms with Gasteiger partial charge in [-0.3, -0.25) is 9.52 Å². The van der Waals surface area contributed by atoms with Gasteiger partial charge in [-0.15, -0.1) is 0 Å². The van der Waals surface area contributed by atoms with Gasteiger partial charge in [-0.25, -0.2) is 18.1 Å². The molecule has 8 nitrogen and oxygen atoms in total. The largest absolute Gasteiger partial charge is 0.322 e. The van der Waals surface area contributed by atoms with E-state index < -0.39 is 15.9 Å². The van der Waals surface area contributed by atoms with Crippen LogP contribution in [0.15, 0.2) is 65.8 Å². The molecule has 2 heterocycles. The molecule has 0 fully saturated rings. The van der Waals surface area contributed by atoms with E-state index in [4.69, 9.17) is 11.6 Å². The van der Waals surface area contributed by atoms with E-state index in [1.165, 1.54) is 18.3 Å². The summed E-state index contributed by atoms with van der Waals surface area (Å²) in [5, 5.41) is 8.21. The second-order valence-corrected chi connectivity index (χ2v) is 9.96. The summed E-state index contributed by atoms with van der Waals surface area (Å²) in [5.74, 6) is -0.406. The number of halogens is 1. The zero-order chi connectivity index (χ0) is 23.8. The number of anilines is 2. The molecule has 170 valence electrons. The van der Waals surface area contributed by atoms with Crippen LogP contribution in [0.2, 0.25) is 5.02 Å². The molecule has 10 heteroatoms. The molecule has 0 bridgehead atoms. The molecule has 2 N–H and O–H groups in total. The Morgan fingerprint density at radius 1 is 1.06 bits per heavy atom. The first kappa shape index (κ1) is 22.8. The van der Waals surface area contributed by atoms with Crippen molar-refractivity contribution in [1.82, 2.24) is 14.8 Å². The number of nitrogens with one attached hydrogen (secondary N) is 2. The van der Waals surface area contributed by atoms with Crippen LogP contribution >= 0.6 is 11.6 Å². The number of carbonyl (C=O) groups excluding carboxylic acids is 1. The molecule has 0 aliphatic heterocycles. The zero-order valence-corrected chi connectivity index (χ0v) is 19.8. The minimum atomic E-state index is -3.90. The van der Waals surface area contributed by atoms with Crippen LogP contribution in [0.5, 0.6) is 0 Å². The van der Waals surface area contributed by atoms with Crippen molar-refractivity contribution in [3.63, 3.8) is 0 Å². The lowest BCUT2D eigenvalue weighted by Crippen LogP contribution is -2.16. The number of aromatic nitrogens is 3. The van der Waals surface area contributed by atoms with E-state index >= 15 is 0 Å². The summed E-state index contributed by atoms with van der Waals surface area (Å²) in [4.78, 5) is 17.2. The van der Waals surface area contributed by atoms with Gasteiger partial charge in [-0.2, -0.15) is 5.10 Å². The maximum atomic E-state index is 13.0. The summed E-state index contributed by atoms with van der Waals surface area (Å²) in [5.41, 5.74) is 2.25. The van der Waals surface area contributed by atoms with Crippen molar-refractivity contribution in [2.24, 2.45) is 0 Å². The predicted octanol–water partition coefficient (Wildman–Crippen LogP) is 5.03. The fourth-order valence-electron chi connectivity index (χ4n) is 3.37. The average Bonchev–Trinajstić information content (AvgIpc) is 3.18. The Morgan fingerprint density at radius 3 is 2.58 bits per heavy atom. The van der Waals surface area contributed by atoms with E-state index in [0.29, 0.717) is 33.2 Å². The molecule has 33 heavy (non-hydrogen) atoms. The normalized spacial score (nSPS) is 11.7. The third-order valence-electron chi connectivity index (χ3n) is 5.00. The molecule has 0 radical (unpaired) electrons. The van der Waals surface area contributed by atoms with Crippen molar-refractivity contribution in [1.29, 1.82) is 0 Å². The van der Waals surface area contributed by atoms with Gasteiger partial charge < -0.3 is 5.32 Å². The van der Waals surface area contributed by atoms with Gasteiger partial charge >= 0.3 is 0 Å². The molecule has 4 rings (SSSR count). The number of hydrogen-bond donors (Lipinski definition) is 2. The highest BCUT2D eigenvalue weighted by molar-refractivity contribution is 7.92. The minimum absolute atomic E-state index is 0.0482. The number of aryl methyl sites for hydroxylation is 1. The Labute approximate surface area is 196 Å². The fourth-order valence-corrected chi connectivity index (χ4v) is 4.89. The number of rotatable bonds is 6. The number of sulfonamides is 1. The highest BCUT2D eigenvalue weighted by atomic mass is 35.5. The lowest BCUT2D eigenvalue weighted by atomic mass is 10.2. The van der Waals surface area contributed by atoms with E-state index in [1.54, 1.807) is 54.2 Å². The van der Waals surface area contributed by atoms with Gasteiger partial charge in [0.05, 0.1) is 22.3 Å². The first-order valence-electron chi connectivity index (χ1n) is 10.2. The van der Waals surface area contributed by atoms with Crippen LogP contribution in [0, 0.1) is 6.92 Å². The zero-order valence-electron chi connectivity index (χ0n) is 18.2. The van der Waals surface area contributed by atoms with Crippen molar-refractivity contribution in [3.05, 3.63) is 77.1 Å². The molecular weight excluding hydrogens is 462 g/mol. The molecular formula is C23H22ClN5O3S. The molecule has 1 amide bonds. The van der Waals surface area contributed by atoms with Crippen LogP contribution in [-0.2, 0) is 10.0 Å². The molecule has 0 aliphatic carbocycles. The Hall–Kier alpha value is -3.43. The van der Waals surface area contributed by atoms with Gasteiger partial charge in [0.15, 0.2) is 5.65 Å². The monoisotopic (exact) mass is 483 g/mol. The number of benzene rings is 2. The highest BCUT2D eigenvalue weighted by Gasteiger charge is 2.19. The van der Waals surface area contributed by atoms with Crippen LogP contribution in [-0.4, -0.2) is 29.1 Å². The van der Waals surface area contributed by atoms with Crippen LogP contribution in [0.4, 0.5) is 11.4 Å².